The molecule has 0 aromatic heterocycles. The monoisotopic (exact) mass is 196 g/mol. The summed E-state index contributed by atoms with van der Waals surface area (Å²) in [5.41, 5.74) is 0.749. The van der Waals surface area contributed by atoms with E-state index in [1.165, 1.54) is 12.8 Å². The van der Waals surface area contributed by atoms with E-state index >= 15 is 0 Å². The minimum atomic E-state index is -0.141. The Morgan fingerprint density at radius 2 is 2.21 bits per heavy atom. The first kappa shape index (κ1) is 11.3. The maximum absolute atomic E-state index is 11.5. The molecule has 14 heavy (non-hydrogen) atoms. The van der Waals surface area contributed by atoms with Gasteiger partial charge in [0, 0.05) is 5.57 Å². The van der Waals surface area contributed by atoms with E-state index in [2.05, 4.69) is 6.92 Å². The molecule has 0 N–H and O–H groups in total. The van der Waals surface area contributed by atoms with Crippen LogP contribution in [0.15, 0.2) is 11.6 Å². The number of carbonyl (C=O) groups is 1. The summed E-state index contributed by atoms with van der Waals surface area (Å²) >= 11 is 0. The van der Waals surface area contributed by atoms with Gasteiger partial charge in [-0.25, -0.2) is 4.79 Å². The Morgan fingerprint density at radius 3 is 2.71 bits per heavy atom. The number of carbonyl (C=O) groups excluding carboxylic acids is 1. The van der Waals surface area contributed by atoms with Crippen LogP contribution in [-0.2, 0) is 9.53 Å². The van der Waals surface area contributed by atoms with Crippen molar-refractivity contribution in [3.8, 4) is 0 Å². The SMILES string of the molecule is CCC/C=C(\C)C(=O)OC(C)C1CC1. The highest BCUT2D eigenvalue weighted by atomic mass is 16.5. The van der Waals surface area contributed by atoms with Crippen molar-refractivity contribution in [2.75, 3.05) is 0 Å². The molecule has 1 unspecified atom stereocenters. The van der Waals surface area contributed by atoms with Crippen molar-refractivity contribution >= 4 is 5.97 Å². The predicted molar refractivity (Wildman–Crippen MR) is 56.9 cm³/mol. The third-order valence-corrected chi connectivity index (χ3v) is 2.64. The quantitative estimate of drug-likeness (QED) is 0.499. The van der Waals surface area contributed by atoms with E-state index in [1.54, 1.807) is 0 Å². The molecule has 1 saturated carbocycles. The normalized spacial score (nSPS) is 19.2. The maximum atomic E-state index is 11.5. The van der Waals surface area contributed by atoms with E-state index in [0.717, 1.165) is 18.4 Å². The zero-order chi connectivity index (χ0) is 10.6. The minimum absolute atomic E-state index is 0.104. The molecule has 0 aromatic rings. The third-order valence-electron chi connectivity index (χ3n) is 2.64. The van der Waals surface area contributed by atoms with Gasteiger partial charge in [0.15, 0.2) is 0 Å². The van der Waals surface area contributed by atoms with E-state index in [4.69, 9.17) is 4.74 Å². The van der Waals surface area contributed by atoms with Crippen LogP contribution in [0.2, 0.25) is 0 Å². The van der Waals surface area contributed by atoms with Gasteiger partial charge in [0.05, 0.1) is 0 Å². The number of hydrogen-bond donors (Lipinski definition) is 0. The lowest BCUT2D eigenvalue weighted by molar-refractivity contribution is -0.144. The lowest BCUT2D eigenvalue weighted by Gasteiger charge is -2.12. The van der Waals surface area contributed by atoms with Crippen LogP contribution >= 0.6 is 0 Å². The molecule has 2 nitrogen and oxygen atoms in total. The summed E-state index contributed by atoms with van der Waals surface area (Å²) in [6, 6.07) is 0. The molecule has 0 heterocycles. The summed E-state index contributed by atoms with van der Waals surface area (Å²) < 4.78 is 5.33. The predicted octanol–water partition coefficient (Wildman–Crippen LogP) is 3.07. The van der Waals surface area contributed by atoms with Crippen molar-refractivity contribution < 1.29 is 9.53 Å². The standard InChI is InChI=1S/C12H20O2/c1-4-5-6-9(2)12(13)14-10(3)11-7-8-11/h6,10-11H,4-5,7-8H2,1-3H3/b9-6+. The Labute approximate surface area is 86.3 Å². The molecule has 1 fully saturated rings. The van der Waals surface area contributed by atoms with Gasteiger partial charge in [-0.15, -0.1) is 0 Å². The summed E-state index contributed by atoms with van der Waals surface area (Å²) in [6.07, 6.45) is 6.52. The van der Waals surface area contributed by atoms with Gasteiger partial charge in [0.2, 0.25) is 0 Å². The Kier molecular flexibility index (Phi) is 4.18. The second kappa shape index (κ2) is 5.18. The van der Waals surface area contributed by atoms with Crippen molar-refractivity contribution in [3.05, 3.63) is 11.6 Å². The fourth-order valence-electron chi connectivity index (χ4n) is 1.37. The van der Waals surface area contributed by atoms with Crippen LogP contribution in [0, 0.1) is 5.92 Å². The highest BCUT2D eigenvalue weighted by Crippen LogP contribution is 2.34. The molecule has 1 atom stereocenters. The molecule has 1 rings (SSSR count). The number of rotatable bonds is 5. The summed E-state index contributed by atoms with van der Waals surface area (Å²) in [4.78, 5) is 11.5. The zero-order valence-corrected chi connectivity index (χ0v) is 9.38. The van der Waals surface area contributed by atoms with E-state index in [1.807, 2.05) is 19.9 Å². The van der Waals surface area contributed by atoms with Crippen LogP contribution in [0.5, 0.6) is 0 Å². The van der Waals surface area contributed by atoms with Crippen LogP contribution in [0.25, 0.3) is 0 Å². The third kappa shape index (κ3) is 3.52. The Hall–Kier alpha value is -0.790. The van der Waals surface area contributed by atoms with Crippen molar-refractivity contribution in [2.45, 2.75) is 52.6 Å². The molecule has 2 heteroatoms. The molecule has 0 amide bonds. The Bertz CT molecular complexity index is 226. The molecule has 0 spiro atoms. The second-order valence-electron chi connectivity index (χ2n) is 4.12. The molecular weight excluding hydrogens is 176 g/mol. The van der Waals surface area contributed by atoms with Gasteiger partial charge < -0.3 is 4.74 Å². The highest BCUT2D eigenvalue weighted by molar-refractivity contribution is 5.87. The average Bonchev–Trinajstić information content (AvgIpc) is 2.96. The molecule has 0 radical (unpaired) electrons. The molecule has 0 aliphatic heterocycles. The molecule has 1 aliphatic carbocycles. The molecule has 0 bridgehead atoms. The molecule has 1 aliphatic rings. The van der Waals surface area contributed by atoms with E-state index in [9.17, 15) is 4.79 Å². The molecule has 80 valence electrons. The van der Waals surface area contributed by atoms with Crippen molar-refractivity contribution in [3.63, 3.8) is 0 Å². The second-order valence-corrected chi connectivity index (χ2v) is 4.12. The first-order valence-electron chi connectivity index (χ1n) is 5.53. The van der Waals surface area contributed by atoms with Crippen LogP contribution in [-0.4, -0.2) is 12.1 Å². The Balaban J connectivity index is 2.32. The first-order valence-corrected chi connectivity index (χ1v) is 5.53. The largest absolute Gasteiger partial charge is 0.459 e. The van der Waals surface area contributed by atoms with Gasteiger partial charge in [0.25, 0.3) is 0 Å². The van der Waals surface area contributed by atoms with Gasteiger partial charge in [-0.3, -0.25) is 0 Å². The number of unbranched alkanes of at least 4 members (excludes halogenated alkanes) is 1. The maximum Gasteiger partial charge on any atom is 0.333 e. The molecule has 0 aromatic carbocycles. The van der Waals surface area contributed by atoms with Gasteiger partial charge in [-0.1, -0.05) is 19.4 Å². The highest BCUT2D eigenvalue weighted by Gasteiger charge is 2.30. The van der Waals surface area contributed by atoms with Gasteiger partial charge in [-0.05, 0) is 39.0 Å². The van der Waals surface area contributed by atoms with E-state index in [0.29, 0.717) is 5.92 Å². The summed E-state index contributed by atoms with van der Waals surface area (Å²) in [7, 11) is 0. The smallest absolute Gasteiger partial charge is 0.333 e. The van der Waals surface area contributed by atoms with Crippen molar-refractivity contribution in [2.24, 2.45) is 5.92 Å². The van der Waals surface area contributed by atoms with Gasteiger partial charge in [0.1, 0.15) is 6.10 Å². The first-order chi connectivity index (χ1) is 6.65. The lowest BCUT2D eigenvalue weighted by Crippen LogP contribution is -2.17. The van der Waals surface area contributed by atoms with E-state index in [-0.39, 0.29) is 12.1 Å². The van der Waals surface area contributed by atoms with Crippen LogP contribution in [0.3, 0.4) is 0 Å². The number of ether oxygens (including phenoxy) is 1. The number of esters is 1. The van der Waals surface area contributed by atoms with Gasteiger partial charge in [-0.2, -0.15) is 0 Å². The van der Waals surface area contributed by atoms with Crippen LogP contribution < -0.4 is 0 Å². The average molecular weight is 196 g/mol. The summed E-state index contributed by atoms with van der Waals surface area (Å²) in [5.74, 6) is 0.482. The number of allylic oxidation sites excluding steroid dienone is 1. The van der Waals surface area contributed by atoms with Crippen LogP contribution in [0.4, 0.5) is 0 Å². The molecule has 0 saturated heterocycles. The fourth-order valence-corrected chi connectivity index (χ4v) is 1.37. The fraction of sp³-hybridized carbons (Fsp3) is 0.750. The zero-order valence-electron chi connectivity index (χ0n) is 9.38. The summed E-state index contributed by atoms with van der Waals surface area (Å²) in [6.45, 7) is 5.92. The minimum Gasteiger partial charge on any atom is -0.459 e. The van der Waals surface area contributed by atoms with Crippen LogP contribution in [0.1, 0.15) is 46.5 Å². The topological polar surface area (TPSA) is 26.3 Å². The summed E-state index contributed by atoms with van der Waals surface area (Å²) in [5, 5.41) is 0. The van der Waals surface area contributed by atoms with Crippen molar-refractivity contribution in [1.29, 1.82) is 0 Å². The van der Waals surface area contributed by atoms with E-state index < -0.39 is 0 Å². The molecular formula is C12H20O2. The Morgan fingerprint density at radius 1 is 1.57 bits per heavy atom. The lowest BCUT2D eigenvalue weighted by atomic mass is 10.2. The van der Waals surface area contributed by atoms with Crippen molar-refractivity contribution in [1.82, 2.24) is 0 Å². The number of hydrogen-bond acceptors (Lipinski definition) is 2. The van der Waals surface area contributed by atoms with Gasteiger partial charge >= 0.3 is 5.97 Å².